The van der Waals surface area contributed by atoms with Crippen LogP contribution in [0, 0.1) is 23.0 Å². The van der Waals surface area contributed by atoms with Crippen LogP contribution in [0.1, 0.15) is 89.9 Å². The van der Waals surface area contributed by atoms with Crippen LogP contribution in [0.5, 0.6) is 0 Å². The molecule has 4 rings (SSSR count). The van der Waals surface area contributed by atoms with Gasteiger partial charge in [-0.15, -0.1) is 0 Å². The highest BCUT2D eigenvalue weighted by Gasteiger charge is 2.38. The third-order valence-electron chi connectivity index (χ3n) is 10.4. The van der Waals surface area contributed by atoms with Crippen LogP contribution in [0.2, 0.25) is 0 Å². The second-order valence-electron chi connectivity index (χ2n) is 16.6. The van der Waals surface area contributed by atoms with Gasteiger partial charge < -0.3 is 30.3 Å². The number of nitrogens with zero attached hydrogens (tertiary/aromatic N) is 3. The van der Waals surface area contributed by atoms with E-state index in [9.17, 15) is 42.7 Å². The number of nitrogens with one attached hydrogen (secondary N) is 2. The molecule has 0 radical (unpaired) electrons. The van der Waals surface area contributed by atoms with E-state index < -0.39 is 65.2 Å². The fraction of sp³-hybridized carbons (Fsp3) is 0.467. The van der Waals surface area contributed by atoms with Crippen molar-refractivity contribution < 1.29 is 57.4 Å². The second-order valence-corrected chi connectivity index (χ2v) is 17.7. The molecule has 0 bridgehead atoms. The minimum atomic E-state index is -1.62. The summed E-state index contributed by atoms with van der Waals surface area (Å²) in [6, 6.07) is 12.2. The van der Waals surface area contributed by atoms with E-state index in [1.165, 1.54) is 11.8 Å². The number of aromatic nitrogens is 1. The summed E-state index contributed by atoms with van der Waals surface area (Å²) in [7, 11) is 0. The normalized spacial score (nSPS) is 14.9. The number of Topliss-reactive ketones (excluding diaryl/α,β-unsaturated/α-hetero) is 1. The molecule has 1 aliphatic heterocycles. The number of amides is 5. The van der Waals surface area contributed by atoms with Crippen LogP contribution in [0.15, 0.2) is 60.8 Å². The molecule has 3 unspecified atom stereocenters. The van der Waals surface area contributed by atoms with Gasteiger partial charge in [-0.1, -0.05) is 58.0 Å². The molecular weight excluding hydrogens is 841 g/mol. The predicted octanol–water partition coefficient (Wildman–Crippen LogP) is 5.21. The molecule has 2 aromatic carbocycles. The molecule has 0 spiro atoms. The van der Waals surface area contributed by atoms with Crippen LogP contribution in [-0.4, -0.2) is 109 Å². The summed E-state index contributed by atoms with van der Waals surface area (Å²) in [6.07, 6.45) is 1.46. The smallest absolute Gasteiger partial charge is 0.326 e. The zero-order valence-electron chi connectivity index (χ0n) is 35.9. The molecule has 1 aromatic heterocycles. The SMILES string of the molecule is CC1CC(=O)N(CC(=O)CCCCN(C(=O)CSCCC(=O)NCCC(=O)NC(CC(=O)O)C(=O)O)C(c2cc(-c3cc(F)ccc3F)cn2Cc2ccccc2)C(C)(C)C)C1=O. The number of carboxylic acid groups (broad SMARTS) is 2. The van der Waals surface area contributed by atoms with E-state index in [-0.39, 0.29) is 85.9 Å². The number of hydrogen-bond acceptors (Lipinski definition) is 9. The van der Waals surface area contributed by atoms with Crippen LogP contribution in [0.3, 0.4) is 0 Å². The maximum absolute atomic E-state index is 15.3. The van der Waals surface area contributed by atoms with Gasteiger partial charge in [0.05, 0.1) is 24.8 Å². The van der Waals surface area contributed by atoms with Crippen LogP contribution < -0.4 is 10.6 Å². The Hall–Kier alpha value is -5.91. The third-order valence-corrected chi connectivity index (χ3v) is 11.3. The highest BCUT2D eigenvalue weighted by molar-refractivity contribution is 7.99. The first-order chi connectivity index (χ1) is 29.7. The summed E-state index contributed by atoms with van der Waals surface area (Å²) in [5, 5.41) is 22.7. The van der Waals surface area contributed by atoms with Crippen molar-refractivity contribution in [1.82, 2.24) is 25.0 Å². The summed E-state index contributed by atoms with van der Waals surface area (Å²) in [5.74, 6) is -6.98. The summed E-state index contributed by atoms with van der Waals surface area (Å²) < 4.78 is 31.7. The molecule has 340 valence electrons. The van der Waals surface area contributed by atoms with Gasteiger partial charge in [-0.2, -0.15) is 11.8 Å². The summed E-state index contributed by atoms with van der Waals surface area (Å²) in [5.41, 5.74) is 1.39. The van der Waals surface area contributed by atoms with Gasteiger partial charge in [0.25, 0.3) is 0 Å². The van der Waals surface area contributed by atoms with E-state index >= 15 is 4.39 Å². The molecule has 1 aliphatic rings. The lowest BCUT2D eigenvalue weighted by Crippen LogP contribution is -2.43. The molecule has 3 aromatic rings. The van der Waals surface area contributed by atoms with Crippen LogP contribution >= 0.6 is 11.8 Å². The minimum absolute atomic E-state index is 0.0234. The highest BCUT2D eigenvalue weighted by atomic mass is 32.2. The van der Waals surface area contributed by atoms with Crippen LogP contribution in [0.25, 0.3) is 11.1 Å². The Morgan fingerprint density at radius 3 is 2.29 bits per heavy atom. The number of likely N-dealkylation sites (tertiary alicyclic amines) is 1. The molecular formula is C45H55F2N5O10S. The zero-order chi connectivity index (χ0) is 46.4. The molecule has 0 saturated carbocycles. The van der Waals surface area contributed by atoms with Crippen LogP contribution in [-0.2, 0) is 44.9 Å². The average molecular weight is 896 g/mol. The van der Waals surface area contributed by atoms with Crippen molar-refractivity contribution in [2.24, 2.45) is 11.3 Å². The van der Waals surface area contributed by atoms with Gasteiger partial charge in [-0.3, -0.25) is 38.5 Å². The second kappa shape index (κ2) is 23.0. The Labute approximate surface area is 368 Å². The van der Waals surface area contributed by atoms with Crippen molar-refractivity contribution in [3.05, 3.63) is 83.7 Å². The van der Waals surface area contributed by atoms with Gasteiger partial charge >= 0.3 is 11.9 Å². The highest BCUT2D eigenvalue weighted by Crippen LogP contribution is 2.41. The van der Waals surface area contributed by atoms with E-state index in [4.69, 9.17) is 10.2 Å². The Morgan fingerprint density at radius 2 is 1.65 bits per heavy atom. The van der Waals surface area contributed by atoms with Crippen LogP contribution in [0.4, 0.5) is 8.78 Å². The summed E-state index contributed by atoms with van der Waals surface area (Å²) in [4.78, 5) is 102. The van der Waals surface area contributed by atoms with Crippen molar-refractivity contribution in [3.8, 4) is 11.1 Å². The van der Waals surface area contributed by atoms with Crippen molar-refractivity contribution in [2.45, 2.75) is 91.3 Å². The first-order valence-electron chi connectivity index (χ1n) is 20.7. The number of halogens is 2. The van der Waals surface area contributed by atoms with Gasteiger partial charge in [0, 0.05) is 80.0 Å². The van der Waals surface area contributed by atoms with E-state index in [1.807, 2.05) is 55.7 Å². The molecule has 15 nitrogen and oxygen atoms in total. The molecule has 1 fully saturated rings. The number of benzene rings is 2. The van der Waals surface area contributed by atoms with Gasteiger partial charge in [-0.25, -0.2) is 13.6 Å². The zero-order valence-corrected chi connectivity index (χ0v) is 36.7. The van der Waals surface area contributed by atoms with Gasteiger partial charge in [-0.05, 0) is 48.1 Å². The maximum atomic E-state index is 15.3. The first-order valence-corrected chi connectivity index (χ1v) is 21.8. The topological polar surface area (TPSA) is 212 Å². The van der Waals surface area contributed by atoms with E-state index in [0.717, 1.165) is 28.7 Å². The predicted molar refractivity (Wildman–Crippen MR) is 230 cm³/mol. The quantitative estimate of drug-likeness (QED) is 0.0678. The number of carbonyl (C=O) groups is 8. The van der Waals surface area contributed by atoms with Crippen molar-refractivity contribution in [3.63, 3.8) is 0 Å². The maximum Gasteiger partial charge on any atom is 0.326 e. The van der Waals surface area contributed by atoms with Crippen molar-refractivity contribution in [1.29, 1.82) is 0 Å². The number of hydrogen-bond donors (Lipinski definition) is 4. The molecule has 4 N–H and O–H groups in total. The van der Waals surface area contributed by atoms with Crippen molar-refractivity contribution in [2.75, 3.05) is 31.1 Å². The standard InChI is InChI=1S/C45H55F2N5O10S/c1-28-20-39(56)52(43(28)60)26-32(53)12-8-9-18-51(40(57)27-63-19-16-37(54)48-17-15-38(55)49-35(44(61)62)23-41(58)59)42(45(2,3)4)36-21-30(33-22-31(46)13-14-34(33)47)25-50(36)24-29-10-6-5-7-11-29/h5-7,10-11,13-14,21-22,25,28,35,42H,8-9,12,15-20,23-24,26-27H2,1-4H3,(H,48,54)(H,49,55)(H,58,59)(H,61,62). The lowest BCUT2D eigenvalue weighted by atomic mass is 9.83. The molecule has 2 heterocycles. The Morgan fingerprint density at radius 1 is 0.937 bits per heavy atom. The minimum Gasteiger partial charge on any atom is -0.481 e. The molecule has 63 heavy (non-hydrogen) atoms. The monoisotopic (exact) mass is 895 g/mol. The first kappa shape index (κ1) is 49.7. The third kappa shape index (κ3) is 14.9. The van der Waals surface area contributed by atoms with E-state index in [0.29, 0.717) is 30.6 Å². The van der Waals surface area contributed by atoms with Gasteiger partial charge in [0.2, 0.25) is 29.5 Å². The number of ketones is 1. The number of thioether (sulfide) groups is 1. The molecule has 0 aliphatic carbocycles. The lowest BCUT2D eigenvalue weighted by Gasteiger charge is -2.41. The summed E-state index contributed by atoms with van der Waals surface area (Å²) >= 11 is 1.20. The number of rotatable bonds is 24. The van der Waals surface area contributed by atoms with E-state index in [2.05, 4.69) is 10.6 Å². The summed E-state index contributed by atoms with van der Waals surface area (Å²) in [6.45, 7) is 7.60. The largest absolute Gasteiger partial charge is 0.481 e. The average Bonchev–Trinajstić information content (AvgIpc) is 3.71. The Bertz CT molecular complexity index is 2160. The lowest BCUT2D eigenvalue weighted by molar-refractivity contribution is -0.147. The molecule has 3 atom stereocenters. The Kier molecular flexibility index (Phi) is 18.1. The number of unbranched alkanes of at least 4 members (excludes halogenated alkanes) is 1. The number of aliphatic carboxylic acids is 2. The molecule has 5 amide bonds. The molecule has 1 saturated heterocycles. The number of imide groups is 1. The van der Waals surface area contributed by atoms with Gasteiger partial charge in [0.15, 0.2) is 5.78 Å². The number of carbonyl (C=O) groups excluding carboxylic acids is 6. The van der Waals surface area contributed by atoms with Crippen molar-refractivity contribution >= 4 is 59.0 Å². The fourth-order valence-electron chi connectivity index (χ4n) is 7.34. The molecule has 18 heteroatoms. The Balaban J connectivity index is 1.52. The van der Waals surface area contributed by atoms with E-state index in [1.54, 1.807) is 24.1 Å². The number of carboxylic acids is 2. The fourth-order valence-corrected chi connectivity index (χ4v) is 8.15. The van der Waals surface area contributed by atoms with Gasteiger partial charge in [0.1, 0.15) is 17.7 Å².